The van der Waals surface area contributed by atoms with E-state index in [9.17, 15) is 12.8 Å². The highest BCUT2D eigenvalue weighted by molar-refractivity contribution is 7.92. The Morgan fingerprint density at radius 2 is 1.50 bits per heavy atom. The lowest BCUT2D eigenvalue weighted by Gasteiger charge is -2.07. The zero-order valence-corrected chi connectivity index (χ0v) is 12.9. The monoisotopic (exact) mass is 301 g/mol. The number of unbranched alkanes of at least 4 members (excludes halogenated alkanes) is 6. The second-order valence-electron chi connectivity index (χ2n) is 5.05. The third kappa shape index (κ3) is 7.48. The van der Waals surface area contributed by atoms with E-state index in [1.807, 2.05) is 0 Å². The first-order chi connectivity index (χ1) is 9.53. The Labute approximate surface area is 121 Å². The van der Waals surface area contributed by atoms with E-state index in [-0.39, 0.29) is 11.6 Å². The fraction of sp³-hybridized carbons (Fsp3) is 0.600. The van der Waals surface area contributed by atoms with E-state index in [1.165, 1.54) is 49.9 Å². The second kappa shape index (κ2) is 8.95. The molecule has 1 aromatic carbocycles. The minimum atomic E-state index is -3.32. The molecule has 0 aliphatic rings. The number of rotatable bonds is 10. The van der Waals surface area contributed by atoms with Gasteiger partial charge in [0.05, 0.1) is 5.75 Å². The summed E-state index contributed by atoms with van der Waals surface area (Å²) in [7, 11) is -3.32. The van der Waals surface area contributed by atoms with Gasteiger partial charge in [-0.15, -0.1) is 0 Å². The number of hydrogen-bond donors (Lipinski definition) is 1. The van der Waals surface area contributed by atoms with Crippen molar-refractivity contribution in [1.29, 1.82) is 0 Å². The van der Waals surface area contributed by atoms with Crippen molar-refractivity contribution in [3.63, 3.8) is 0 Å². The summed E-state index contributed by atoms with van der Waals surface area (Å²) in [6.45, 7) is 2.17. The molecule has 0 aliphatic heterocycles. The zero-order valence-electron chi connectivity index (χ0n) is 12.1. The first-order valence-electron chi connectivity index (χ1n) is 7.29. The maximum atomic E-state index is 12.7. The Kier molecular flexibility index (Phi) is 7.59. The standard InChI is InChI=1S/C15H24FNO2S/c1-2-3-4-5-6-7-8-13-20(18,19)17-15-11-9-14(16)10-12-15/h9-12,17H,2-8,13H2,1H3. The van der Waals surface area contributed by atoms with Crippen LogP contribution in [0.2, 0.25) is 0 Å². The largest absolute Gasteiger partial charge is 0.284 e. The van der Waals surface area contributed by atoms with Crippen molar-refractivity contribution < 1.29 is 12.8 Å². The molecule has 1 rings (SSSR count). The fourth-order valence-corrected chi connectivity index (χ4v) is 3.18. The maximum absolute atomic E-state index is 12.7. The molecule has 20 heavy (non-hydrogen) atoms. The molecule has 0 unspecified atom stereocenters. The Morgan fingerprint density at radius 1 is 0.950 bits per heavy atom. The van der Waals surface area contributed by atoms with E-state index in [2.05, 4.69) is 11.6 Å². The lowest BCUT2D eigenvalue weighted by Crippen LogP contribution is -2.16. The zero-order chi connectivity index (χ0) is 14.8. The van der Waals surface area contributed by atoms with Gasteiger partial charge in [-0.2, -0.15) is 0 Å². The van der Waals surface area contributed by atoms with Crippen molar-refractivity contribution >= 4 is 15.7 Å². The average molecular weight is 301 g/mol. The molecule has 0 heterocycles. The summed E-state index contributed by atoms with van der Waals surface area (Å²) in [4.78, 5) is 0. The van der Waals surface area contributed by atoms with Gasteiger partial charge >= 0.3 is 0 Å². The molecule has 0 bridgehead atoms. The van der Waals surface area contributed by atoms with Gasteiger partial charge in [0, 0.05) is 5.69 Å². The highest BCUT2D eigenvalue weighted by Crippen LogP contribution is 2.12. The molecule has 1 aromatic rings. The van der Waals surface area contributed by atoms with Crippen LogP contribution in [0.15, 0.2) is 24.3 Å². The van der Waals surface area contributed by atoms with Gasteiger partial charge in [0.2, 0.25) is 10.0 Å². The molecule has 3 nitrogen and oxygen atoms in total. The first-order valence-corrected chi connectivity index (χ1v) is 8.95. The molecule has 0 aromatic heterocycles. The molecule has 5 heteroatoms. The lowest BCUT2D eigenvalue weighted by molar-refractivity contribution is 0.582. The smallest absolute Gasteiger partial charge is 0.232 e. The molecule has 0 fully saturated rings. The predicted octanol–water partition coefficient (Wildman–Crippen LogP) is 4.32. The van der Waals surface area contributed by atoms with E-state index < -0.39 is 10.0 Å². The van der Waals surface area contributed by atoms with Crippen molar-refractivity contribution in [3.05, 3.63) is 30.1 Å². The van der Waals surface area contributed by atoms with Gasteiger partial charge in [0.25, 0.3) is 0 Å². The number of nitrogens with one attached hydrogen (secondary N) is 1. The summed E-state index contributed by atoms with van der Waals surface area (Å²) in [6.07, 6.45) is 7.58. The Bertz CT molecular complexity index is 471. The number of anilines is 1. The van der Waals surface area contributed by atoms with E-state index in [1.54, 1.807) is 0 Å². The first kappa shape index (κ1) is 17.0. The highest BCUT2D eigenvalue weighted by Gasteiger charge is 2.09. The predicted molar refractivity (Wildman–Crippen MR) is 81.8 cm³/mol. The fourth-order valence-electron chi connectivity index (χ4n) is 2.00. The number of sulfonamides is 1. The molecular weight excluding hydrogens is 277 g/mol. The van der Waals surface area contributed by atoms with Crippen molar-refractivity contribution in [3.8, 4) is 0 Å². The number of halogens is 1. The molecule has 0 atom stereocenters. The average Bonchev–Trinajstić information content (AvgIpc) is 2.40. The van der Waals surface area contributed by atoms with Crippen LogP contribution in [0.3, 0.4) is 0 Å². The summed E-state index contributed by atoms with van der Waals surface area (Å²) >= 11 is 0. The van der Waals surface area contributed by atoms with Crippen LogP contribution in [0, 0.1) is 5.82 Å². The minimum Gasteiger partial charge on any atom is -0.284 e. The van der Waals surface area contributed by atoms with Gasteiger partial charge in [-0.3, -0.25) is 4.72 Å². The summed E-state index contributed by atoms with van der Waals surface area (Å²) < 4.78 is 38.8. The third-order valence-electron chi connectivity index (χ3n) is 3.13. The summed E-state index contributed by atoms with van der Waals surface area (Å²) in [5, 5.41) is 0. The lowest BCUT2D eigenvalue weighted by atomic mass is 10.1. The molecule has 0 aliphatic carbocycles. The van der Waals surface area contributed by atoms with Crippen LogP contribution < -0.4 is 4.72 Å². The summed E-state index contributed by atoms with van der Waals surface area (Å²) in [6, 6.07) is 5.34. The van der Waals surface area contributed by atoms with E-state index in [0.717, 1.165) is 12.8 Å². The van der Waals surface area contributed by atoms with Crippen LogP contribution in [-0.2, 0) is 10.0 Å². The Hall–Kier alpha value is -1.10. The summed E-state index contributed by atoms with van der Waals surface area (Å²) in [5.74, 6) is -0.252. The van der Waals surface area contributed by atoms with Crippen molar-refractivity contribution in [2.75, 3.05) is 10.5 Å². The van der Waals surface area contributed by atoms with Gasteiger partial charge in [-0.25, -0.2) is 12.8 Å². The molecule has 0 saturated heterocycles. The van der Waals surface area contributed by atoms with Gasteiger partial charge < -0.3 is 0 Å². The van der Waals surface area contributed by atoms with Crippen LogP contribution in [-0.4, -0.2) is 14.2 Å². The van der Waals surface area contributed by atoms with Crippen LogP contribution in [0.4, 0.5) is 10.1 Å². The molecule has 0 radical (unpaired) electrons. The van der Waals surface area contributed by atoms with E-state index in [0.29, 0.717) is 12.1 Å². The molecular formula is C15H24FNO2S. The third-order valence-corrected chi connectivity index (χ3v) is 4.51. The maximum Gasteiger partial charge on any atom is 0.232 e. The van der Waals surface area contributed by atoms with Gasteiger partial charge in [0.1, 0.15) is 5.82 Å². The van der Waals surface area contributed by atoms with Crippen LogP contribution in [0.1, 0.15) is 51.9 Å². The van der Waals surface area contributed by atoms with E-state index in [4.69, 9.17) is 0 Å². The molecule has 114 valence electrons. The van der Waals surface area contributed by atoms with Crippen LogP contribution in [0.5, 0.6) is 0 Å². The van der Waals surface area contributed by atoms with Crippen molar-refractivity contribution in [1.82, 2.24) is 0 Å². The van der Waals surface area contributed by atoms with Crippen molar-refractivity contribution in [2.45, 2.75) is 51.9 Å². The van der Waals surface area contributed by atoms with Crippen molar-refractivity contribution in [2.24, 2.45) is 0 Å². The summed E-state index contributed by atoms with van der Waals surface area (Å²) in [5.41, 5.74) is 0.411. The Morgan fingerprint density at radius 3 is 2.10 bits per heavy atom. The van der Waals surface area contributed by atoms with Crippen LogP contribution >= 0.6 is 0 Å². The number of hydrogen-bond acceptors (Lipinski definition) is 2. The van der Waals surface area contributed by atoms with Gasteiger partial charge in [-0.1, -0.05) is 45.4 Å². The Balaban J connectivity index is 2.23. The van der Waals surface area contributed by atoms with Crippen LogP contribution in [0.25, 0.3) is 0 Å². The minimum absolute atomic E-state index is 0.123. The molecule has 0 saturated carbocycles. The topological polar surface area (TPSA) is 46.2 Å². The van der Waals surface area contributed by atoms with Gasteiger partial charge in [0.15, 0.2) is 0 Å². The normalized spacial score (nSPS) is 11.5. The quantitative estimate of drug-likeness (QED) is 0.654. The second-order valence-corrected chi connectivity index (χ2v) is 6.89. The SMILES string of the molecule is CCCCCCCCCS(=O)(=O)Nc1ccc(F)cc1. The molecule has 1 N–H and O–H groups in total. The highest BCUT2D eigenvalue weighted by atomic mass is 32.2. The van der Waals surface area contributed by atoms with Gasteiger partial charge in [-0.05, 0) is 30.7 Å². The van der Waals surface area contributed by atoms with E-state index >= 15 is 0 Å². The molecule has 0 amide bonds. The number of benzene rings is 1. The molecule has 0 spiro atoms.